The number of hydrogen-bond acceptors (Lipinski definition) is 7. The van der Waals surface area contributed by atoms with Crippen molar-refractivity contribution in [2.24, 2.45) is 0 Å². The largest absolute Gasteiger partial charge is 0.486 e. The summed E-state index contributed by atoms with van der Waals surface area (Å²) in [4.78, 5) is 19.3. The van der Waals surface area contributed by atoms with Crippen molar-refractivity contribution in [3.63, 3.8) is 0 Å². The zero-order valence-electron chi connectivity index (χ0n) is 16.1. The second-order valence-corrected chi connectivity index (χ2v) is 7.31. The molecule has 2 fully saturated rings. The molecule has 8 nitrogen and oxygen atoms in total. The maximum Gasteiger partial charge on any atom is 0.257 e. The number of benzene rings is 1. The molecular weight excluding hydrogens is 374 g/mol. The number of hydrogen-bond donors (Lipinski definition) is 1. The molecule has 1 aromatic carbocycles. The average Bonchev–Trinajstić information content (AvgIpc) is 3.22. The van der Waals surface area contributed by atoms with E-state index in [2.05, 4.69) is 15.2 Å². The number of pyridine rings is 1. The SMILES string of the molecule is O=C(Nc1ccc2c(c1)OCCO2)c1ccc(N2CCC3(CC2)OCCO3)nc1. The number of nitrogens with one attached hydrogen (secondary N) is 1. The van der Waals surface area contributed by atoms with Gasteiger partial charge in [-0.25, -0.2) is 4.98 Å². The van der Waals surface area contributed by atoms with Crippen molar-refractivity contribution >= 4 is 17.4 Å². The molecule has 0 bridgehead atoms. The molecule has 0 unspecified atom stereocenters. The molecule has 2 aromatic rings. The Labute approximate surface area is 168 Å². The van der Waals surface area contributed by atoms with Crippen molar-refractivity contribution in [1.29, 1.82) is 0 Å². The Balaban J connectivity index is 1.21. The molecular formula is C21H23N3O5. The number of amides is 1. The highest BCUT2D eigenvalue weighted by Gasteiger charge is 2.40. The number of nitrogens with zero attached hydrogens (tertiary/aromatic N) is 2. The summed E-state index contributed by atoms with van der Waals surface area (Å²) >= 11 is 0. The Hall–Kier alpha value is -2.84. The fraction of sp³-hybridized carbons (Fsp3) is 0.429. The summed E-state index contributed by atoms with van der Waals surface area (Å²) in [6.45, 7) is 4.02. The van der Waals surface area contributed by atoms with Crippen molar-refractivity contribution in [3.05, 3.63) is 42.1 Å². The fourth-order valence-corrected chi connectivity index (χ4v) is 3.89. The van der Waals surface area contributed by atoms with Crippen LogP contribution in [0.5, 0.6) is 11.5 Å². The Bertz CT molecular complexity index is 886. The Kier molecular flexibility index (Phi) is 4.73. The predicted octanol–water partition coefficient (Wildman–Crippen LogP) is 2.45. The van der Waals surface area contributed by atoms with Gasteiger partial charge in [0.1, 0.15) is 19.0 Å². The van der Waals surface area contributed by atoms with Crippen LogP contribution in [0.25, 0.3) is 0 Å². The lowest BCUT2D eigenvalue weighted by Crippen LogP contribution is -2.45. The van der Waals surface area contributed by atoms with E-state index in [9.17, 15) is 4.79 Å². The van der Waals surface area contributed by atoms with E-state index in [0.717, 1.165) is 31.7 Å². The summed E-state index contributed by atoms with van der Waals surface area (Å²) < 4.78 is 22.6. The minimum absolute atomic E-state index is 0.217. The molecule has 2 saturated heterocycles. The highest BCUT2D eigenvalue weighted by Crippen LogP contribution is 2.34. The molecule has 1 amide bonds. The van der Waals surface area contributed by atoms with E-state index in [1.54, 1.807) is 30.5 Å². The number of carbonyl (C=O) groups excluding carboxylic acids is 1. The van der Waals surface area contributed by atoms with Crippen LogP contribution in [0, 0.1) is 0 Å². The second-order valence-electron chi connectivity index (χ2n) is 7.31. The van der Waals surface area contributed by atoms with Crippen LogP contribution in [0.2, 0.25) is 0 Å². The normalized spacial score (nSPS) is 19.9. The highest BCUT2D eigenvalue weighted by molar-refractivity contribution is 6.04. The number of aromatic nitrogens is 1. The molecule has 0 radical (unpaired) electrons. The van der Waals surface area contributed by atoms with Crippen LogP contribution in [-0.4, -0.2) is 56.2 Å². The number of ether oxygens (including phenoxy) is 4. The van der Waals surface area contributed by atoms with Crippen molar-refractivity contribution in [3.8, 4) is 11.5 Å². The van der Waals surface area contributed by atoms with Gasteiger partial charge in [-0.05, 0) is 24.3 Å². The first-order valence-electron chi connectivity index (χ1n) is 9.91. The standard InChI is InChI=1S/C21H23N3O5/c25-20(23-16-2-3-17-18(13-16)27-10-9-26-17)15-1-4-19(22-14-15)24-7-5-21(6-8-24)28-11-12-29-21/h1-4,13-14H,5-12H2,(H,23,25). The van der Waals surface area contributed by atoms with Gasteiger partial charge in [0.2, 0.25) is 0 Å². The van der Waals surface area contributed by atoms with Crippen molar-refractivity contribution in [2.45, 2.75) is 18.6 Å². The van der Waals surface area contributed by atoms with E-state index in [0.29, 0.717) is 49.2 Å². The van der Waals surface area contributed by atoms with Crippen molar-refractivity contribution < 1.29 is 23.7 Å². The molecule has 3 aliphatic heterocycles. The van der Waals surface area contributed by atoms with Gasteiger partial charge in [0.15, 0.2) is 17.3 Å². The van der Waals surface area contributed by atoms with Crippen LogP contribution in [0.3, 0.4) is 0 Å². The smallest absolute Gasteiger partial charge is 0.257 e. The van der Waals surface area contributed by atoms with Gasteiger partial charge >= 0.3 is 0 Å². The Morgan fingerprint density at radius 1 is 0.966 bits per heavy atom. The molecule has 1 N–H and O–H groups in total. The average molecular weight is 397 g/mol. The van der Waals surface area contributed by atoms with Crippen LogP contribution < -0.4 is 19.7 Å². The number of fused-ring (bicyclic) bond motifs is 1. The number of rotatable bonds is 3. The first-order chi connectivity index (χ1) is 14.2. The third-order valence-electron chi connectivity index (χ3n) is 5.47. The summed E-state index contributed by atoms with van der Waals surface area (Å²) in [5, 5.41) is 2.88. The molecule has 3 aliphatic rings. The molecule has 1 aromatic heterocycles. The minimum Gasteiger partial charge on any atom is -0.486 e. The maximum atomic E-state index is 12.6. The molecule has 0 atom stereocenters. The lowest BCUT2D eigenvalue weighted by molar-refractivity contribution is -0.169. The zero-order valence-corrected chi connectivity index (χ0v) is 16.1. The molecule has 4 heterocycles. The van der Waals surface area contributed by atoms with E-state index in [-0.39, 0.29) is 5.91 Å². The number of piperidine rings is 1. The van der Waals surface area contributed by atoms with Gasteiger partial charge in [-0.1, -0.05) is 0 Å². The molecule has 1 spiro atoms. The van der Waals surface area contributed by atoms with E-state index < -0.39 is 5.79 Å². The lowest BCUT2D eigenvalue weighted by atomic mass is 10.0. The monoisotopic (exact) mass is 397 g/mol. The first-order valence-corrected chi connectivity index (χ1v) is 9.91. The Morgan fingerprint density at radius 2 is 1.72 bits per heavy atom. The zero-order chi connectivity index (χ0) is 19.7. The van der Waals surface area contributed by atoms with E-state index in [1.807, 2.05) is 6.07 Å². The quantitative estimate of drug-likeness (QED) is 0.852. The molecule has 0 aliphatic carbocycles. The highest BCUT2D eigenvalue weighted by atomic mass is 16.7. The summed E-state index contributed by atoms with van der Waals surface area (Å²) in [6.07, 6.45) is 3.25. The Morgan fingerprint density at radius 3 is 2.45 bits per heavy atom. The van der Waals surface area contributed by atoms with Gasteiger partial charge in [0.25, 0.3) is 5.91 Å². The summed E-state index contributed by atoms with van der Waals surface area (Å²) in [5.74, 6) is 1.57. The van der Waals surface area contributed by atoms with Gasteiger partial charge in [-0.3, -0.25) is 4.79 Å². The van der Waals surface area contributed by atoms with Crippen LogP contribution in [0.4, 0.5) is 11.5 Å². The third kappa shape index (κ3) is 3.73. The van der Waals surface area contributed by atoms with Gasteiger partial charge in [0, 0.05) is 43.9 Å². The topological polar surface area (TPSA) is 82.2 Å². The summed E-state index contributed by atoms with van der Waals surface area (Å²) in [6, 6.07) is 9.04. The summed E-state index contributed by atoms with van der Waals surface area (Å²) in [7, 11) is 0. The van der Waals surface area contributed by atoms with Gasteiger partial charge < -0.3 is 29.2 Å². The van der Waals surface area contributed by atoms with Crippen LogP contribution in [0.1, 0.15) is 23.2 Å². The molecule has 29 heavy (non-hydrogen) atoms. The lowest BCUT2D eigenvalue weighted by Gasteiger charge is -2.38. The van der Waals surface area contributed by atoms with Crippen molar-refractivity contribution in [1.82, 2.24) is 4.98 Å². The molecule has 5 rings (SSSR count). The van der Waals surface area contributed by atoms with Gasteiger partial charge in [-0.2, -0.15) is 0 Å². The number of anilines is 2. The van der Waals surface area contributed by atoms with Crippen molar-refractivity contribution in [2.75, 3.05) is 49.7 Å². The fourth-order valence-electron chi connectivity index (χ4n) is 3.89. The second kappa shape index (κ2) is 7.53. The van der Waals surface area contributed by atoms with Crippen LogP contribution in [0.15, 0.2) is 36.5 Å². The van der Waals surface area contributed by atoms with Gasteiger partial charge in [-0.15, -0.1) is 0 Å². The van der Waals surface area contributed by atoms with E-state index in [1.165, 1.54) is 0 Å². The van der Waals surface area contributed by atoms with Crippen LogP contribution in [-0.2, 0) is 9.47 Å². The van der Waals surface area contributed by atoms with E-state index in [4.69, 9.17) is 18.9 Å². The molecule has 8 heteroatoms. The first kappa shape index (κ1) is 18.2. The maximum absolute atomic E-state index is 12.6. The van der Waals surface area contributed by atoms with E-state index >= 15 is 0 Å². The molecule has 152 valence electrons. The van der Waals surface area contributed by atoms with Gasteiger partial charge in [0.05, 0.1) is 18.8 Å². The number of carbonyl (C=O) groups is 1. The predicted molar refractivity (Wildman–Crippen MR) is 106 cm³/mol. The minimum atomic E-state index is -0.403. The molecule has 0 saturated carbocycles. The summed E-state index contributed by atoms with van der Waals surface area (Å²) in [5.41, 5.74) is 1.15. The van der Waals surface area contributed by atoms with Crippen LogP contribution >= 0.6 is 0 Å². The third-order valence-corrected chi connectivity index (χ3v) is 5.47.